The van der Waals surface area contributed by atoms with E-state index in [2.05, 4.69) is 180 Å². The van der Waals surface area contributed by atoms with Crippen LogP contribution in [-0.2, 0) is 0 Å². The molecule has 0 spiro atoms. The molecular weight excluding hydrogens is 605 g/mol. The second-order valence-electron chi connectivity index (χ2n) is 13.5. The Kier molecular flexibility index (Phi) is 8.64. The van der Waals surface area contributed by atoms with Gasteiger partial charge in [0.2, 0.25) is 0 Å². The van der Waals surface area contributed by atoms with E-state index in [1.165, 1.54) is 65.7 Å². The molecule has 2 heteroatoms. The number of nitrogens with zero attached hydrogens (tertiary/aromatic N) is 2. The van der Waals surface area contributed by atoms with E-state index in [-0.39, 0.29) is 0 Å². The second-order valence-corrected chi connectivity index (χ2v) is 13.5. The number of aryl methyl sites for hydroxylation is 6. The van der Waals surface area contributed by atoms with Gasteiger partial charge < -0.3 is 9.80 Å². The lowest BCUT2D eigenvalue weighted by atomic mass is 9.93. The van der Waals surface area contributed by atoms with Crippen LogP contribution in [0, 0.1) is 41.5 Å². The van der Waals surface area contributed by atoms with E-state index in [0.717, 1.165) is 34.1 Å². The van der Waals surface area contributed by atoms with E-state index in [1.807, 2.05) is 18.2 Å². The summed E-state index contributed by atoms with van der Waals surface area (Å²) >= 11 is 0. The van der Waals surface area contributed by atoms with Gasteiger partial charge in [0, 0.05) is 33.5 Å². The van der Waals surface area contributed by atoms with Gasteiger partial charge >= 0.3 is 0 Å². The van der Waals surface area contributed by atoms with Crippen molar-refractivity contribution in [1.29, 1.82) is 0 Å². The molecule has 50 heavy (non-hydrogen) atoms. The van der Waals surface area contributed by atoms with Crippen molar-refractivity contribution in [2.75, 3.05) is 9.80 Å². The molecule has 7 aromatic rings. The topological polar surface area (TPSA) is 6.48 Å². The third-order valence-corrected chi connectivity index (χ3v) is 10.3. The summed E-state index contributed by atoms with van der Waals surface area (Å²) in [7, 11) is 0. The average Bonchev–Trinajstić information content (AvgIpc) is 3.12. The van der Waals surface area contributed by atoms with Gasteiger partial charge in [0.1, 0.15) is 0 Å². The first kappa shape index (κ1) is 32.7. The van der Waals surface area contributed by atoms with Gasteiger partial charge in [-0.25, -0.2) is 0 Å². The first-order valence-corrected chi connectivity index (χ1v) is 17.3. The molecule has 0 aliphatic carbocycles. The minimum absolute atomic E-state index is 0.962. The SMILES string of the molecule is C=C/C=C(\C=C)N(c1ccc(C)c(C)c1)c1cc2c3ccccc3c(N(c3ccc(C)c(C)c3)c3ccc(C)c(C)c3)cc2c2ccccc12. The highest BCUT2D eigenvalue weighted by Gasteiger charge is 2.22. The van der Waals surface area contributed by atoms with Crippen LogP contribution in [0.25, 0.3) is 32.3 Å². The van der Waals surface area contributed by atoms with Crippen molar-refractivity contribution < 1.29 is 0 Å². The number of rotatable bonds is 8. The van der Waals surface area contributed by atoms with Crippen molar-refractivity contribution in [2.24, 2.45) is 0 Å². The molecule has 0 unspecified atom stereocenters. The summed E-state index contributed by atoms with van der Waals surface area (Å²) in [6.07, 6.45) is 5.79. The van der Waals surface area contributed by atoms with E-state index in [0.29, 0.717) is 0 Å². The van der Waals surface area contributed by atoms with Gasteiger partial charge in [0.05, 0.1) is 11.4 Å². The first-order chi connectivity index (χ1) is 24.2. The van der Waals surface area contributed by atoms with E-state index < -0.39 is 0 Å². The summed E-state index contributed by atoms with van der Waals surface area (Å²) in [5, 5.41) is 7.18. The van der Waals surface area contributed by atoms with Gasteiger partial charge in [-0.2, -0.15) is 0 Å². The molecule has 0 fully saturated rings. The Morgan fingerprint density at radius 3 is 1.32 bits per heavy atom. The maximum atomic E-state index is 4.23. The molecule has 0 saturated heterocycles. The molecule has 0 atom stereocenters. The van der Waals surface area contributed by atoms with Crippen LogP contribution in [-0.4, -0.2) is 0 Å². The lowest BCUT2D eigenvalue weighted by molar-refractivity contribution is 1.21. The third kappa shape index (κ3) is 5.67. The lowest BCUT2D eigenvalue weighted by Gasteiger charge is -2.30. The Balaban J connectivity index is 1.60. The van der Waals surface area contributed by atoms with Crippen LogP contribution >= 0.6 is 0 Å². The van der Waals surface area contributed by atoms with Gasteiger partial charge in [-0.3, -0.25) is 0 Å². The normalized spacial score (nSPS) is 11.7. The van der Waals surface area contributed by atoms with Gasteiger partial charge in [0.15, 0.2) is 0 Å². The van der Waals surface area contributed by atoms with E-state index in [1.54, 1.807) is 0 Å². The van der Waals surface area contributed by atoms with E-state index in [9.17, 15) is 0 Å². The van der Waals surface area contributed by atoms with Gasteiger partial charge in [-0.15, -0.1) is 0 Å². The molecule has 0 N–H and O–H groups in total. The first-order valence-electron chi connectivity index (χ1n) is 17.3. The summed E-state index contributed by atoms with van der Waals surface area (Å²) in [5.74, 6) is 0. The van der Waals surface area contributed by atoms with Crippen LogP contribution in [0.5, 0.6) is 0 Å². The smallest absolute Gasteiger partial charge is 0.0546 e. The molecule has 0 aromatic heterocycles. The fourth-order valence-corrected chi connectivity index (χ4v) is 7.09. The number of fused-ring (bicyclic) bond motifs is 5. The van der Waals surface area contributed by atoms with Crippen molar-refractivity contribution in [3.05, 3.63) is 186 Å². The molecule has 0 radical (unpaired) electrons. The van der Waals surface area contributed by atoms with Crippen molar-refractivity contribution in [2.45, 2.75) is 41.5 Å². The predicted octanol–water partition coefficient (Wildman–Crippen LogP) is 13.9. The van der Waals surface area contributed by atoms with Gasteiger partial charge in [-0.05, 0) is 157 Å². The average molecular weight is 649 g/mol. The number of allylic oxidation sites excluding steroid dienone is 3. The Morgan fingerprint density at radius 2 is 0.860 bits per heavy atom. The van der Waals surface area contributed by atoms with Crippen LogP contribution < -0.4 is 9.80 Å². The molecule has 0 heterocycles. The molecule has 0 amide bonds. The van der Waals surface area contributed by atoms with E-state index in [4.69, 9.17) is 0 Å². The number of benzene rings is 7. The minimum atomic E-state index is 0.962. The van der Waals surface area contributed by atoms with Gasteiger partial charge in [-0.1, -0.05) is 86.0 Å². The number of anilines is 5. The van der Waals surface area contributed by atoms with E-state index >= 15 is 0 Å². The fraction of sp³-hybridized carbons (Fsp3) is 0.125. The summed E-state index contributed by atoms with van der Waals surface area (Å²) in [5.41, 5.74) is 14.2. The third-order valence-electron chi connectivity index (χ3n) is 10.3. The number of hydrogen-bond acceptors (Lipinski definition) is 2. The monoisotopic (exact) mass is 648 g/mol. The molecule has 0 saturated carbocycles. The molecule has 0 aliphatic heterocycles. The van der Waals surface area contributed by atoms with Crippen molar-refractivity contribution in [3.8, 4) is 0 Å². The molecule has 246 valence electrons. The van der Waals surface area contributed by atoms with Crippen LogP contribution in [0.2, 0.25) is 0 Å². The lowest BCUT2D eigenvalue weighted by Crippen LogP contribution is -2.16. The quantitative estimate of drug-likeness (QED) is 0.119. The zero-order chi connectivity index (χ0) is 35.1. The highest BCUT2D eigenvalue weighted by Crippen LogP contribution is 2.47. The largest absolute Gasteiger partial charge is 0.310 e. The summed E-state index contributed by atoms with van der Waals surface area (Å²) in [6, 6.07) is 42.7. The summed E-state index contributed by atoms with van der Waals surface area (Å²) in [4.78, 5) is 4.76. The van der Waals surface area contributed by atoms with Crippen molar-refractivity contribution >= 4 is 60.8 Å². The zero-order valence-electron chi connectivity index (χ0n) is 30.0. The second kappa shape index (κ2) is 13.2. The Labute approximate surface area is 296 Å². The van der Waals surface area contributed by atoms with Crippen LogP contribution in [0.15, 0.2) is 152 Å². The van der Waals surface area contributed by atoms with Crippen molar-refractivity contribution in [1.82, 2.24) is 0 Å². The van der Waals surface area contributed by atoms with Crippen molar-refractivity contribution in [3.63, 3.8) is 0 Å². The highest BCUT2D eigenvalue weighted by molar-refractivity contribution is 6.24. The molecule has 2 nitrogen and oxygen atoms in total. The summed E-state index contributed by atoms with van der Waals surface area (Å²) in [6.45, 7) is 21.4. The Hall–Kier alpha value is -5.86. The fourth-order valence-electron chi connectivity index (χ4n) is 7.09. The Bertz CT molecular complexity index is 2440. The van der Waals surface area contributed by atoms with Crippen LogP contribution in [0.4, 0.5) is 28.4 Å². The van der Waals surface area contributed by atoms with Crippen LogP contribution in [0.1, 0.15) is 33.4 Å². The highest BCUT2D eigenvalue weighted by atomic mass is 15.2. The molecular formula is C48H44N2. The molecule has 7 rings (SSSR count). The maximum Gasteiger partial charge on any atom is 0.0546 e. The minimum Gasteiger partial charge on any atom is -0.310 e. The Morgan fingerprint density at radius 1 is 0.440 bits per heavy atom. The molecule has 7 aromatic carbocycles. The van der Waals surface area contributed by atoms with Gasteiger partial charge in [0.25, 0.3) is 0 Å². The standard InChI is InChI=1S/C48H44N2/c1-9-15-37(10-2)49(38-23-20-31(3)34(6)26-38)47-29-45-42-17-12-14-19-44(42)48(30-46(45)41-16-11-13-18-43(41)47)50(39-24-21-32(4)35(7)27-39)40-25-22-33(5)36(8)28-40/h9-30H,1-2H2,3-8H3/b37-15+. The zero-order valence-corrected chi connectivity index (χ0v) is 30.0. The van der Waals surface area contributed by atoms with Crippen LogP contribution in [0.3, 0.4) is 0 Å². The predicted molar refractivity (Wildman–Crippen MR) is 219 cm³/mol. The number of hydrogen-bond donors (Lipinski definition) is 0. The molecule has 0 bridgehead atoms. The summed E-state index contributed by atoms with van der Waals surface area (Å²) < 4.78 is 0. The maximum absolute atomic E-state index is 4.23. The molecule has 0 aliphatic rings.